The highest BCUT2D eigenvalue weighted by Crippen LogP contribution is 2.24. The van der Waals surface area contributed by atoms with Gasteiger partial charge in [0, 0.05) is 0 Å². The summed E-state index contributed by atoms with van der Waals surface area (Å²) in [5.74, 6) is 0. The summed E-state index contributed by atoms with van der Waals surface area (Å²) in [6, 6.07) is 0. The Labute approximate surface area is 59.7 Å². The molecule has 0 N–H and O–H groups in total. The Balaban J connectivity index is 3.70. The molecule has 1 unspecified atom stereocenters. The third-order valence-electron chi connectivity index (χ3n) is 0.580. The van der Waals surface area contributed by atoms with E-state index in [1.165, 1.54) is 0 Å². The summed E-state index contributed by atoms with van der Waals surface area (Å²) < 4.78 is 19.2. The molecule has 0 rings (SSSR count). The van der Waals surface area contributed by atoms with E-state index in [0.717, 1.165) is 6.26 Å². The first kappa shape index (κ1) is 9.27. The molecule has 0 radical (unpaired) electrons. The number of rotatable bonds is 4. The predicted octanol–water partition coefficient (Wildman–Crippen LogP) is 2.05. The SMILES string of the molecule is C=COC(=O)[P+](=O)OCC. The van der Waals surface area contributed by atoms with Crippen LogP contribution in [0.15, 0.2) is 12.8 Å². The zero-order chi connectivity index (χ0) is 7.98. The quantitative estimate of drug-likeness (QED) is 0.470. The van der Waals surface area contributed by atoms with Crippen LogP contribution in [0, 0.1) is 0 Å². The van der Waals surface area contributed by atoms with E-state index in [0.29, 0.717) is 0 Å². The lowest BCUT2D eigenvalue weighted by Gasteiger charge is -1.82. The summed E-state index contributed by atoms with van der Waals surface area (Å²) in [6.45, 7) is 4.97. The fourth-order valence-electron chi connectivity index (χ4n) is 0.284. The Morgan fingerprint density at radius 1 is 1.80 bits per heavy atom. The number of hydrogen-bond acceptors (Lipinski definition) is 4. The van der Waals surface area contributed by atoms with Gasteiger partial charge in [-0.2, -0.15) is 4.79 Å². The van der Waals surface area contributed by atoms with Crippen LogP contribution in [0.5, 0.6) is 0 Å². The molecule has 4 nitrogen and oxygen atoms in total. The predicted molar refractivity (Wildman–Crippen MR) is 35.9 cm³/mol. The van der Waals surface area contributed by atoms with Crippen molar-refractivity contribution in [2.24, 2.45) is 0 Å². The van der Waals surface area contributed by atoms with Crippen LogP contribution in [-0.2, 0) is 13.8 Å². The molecule has 5 heteroatoms. The van der Waals surface area contributed by atoms with Gasteiger partial charge in [-0.05, 0) is 11.5 Å². The molecule has 1 atom stereocenters. The summed E-state index contributed by atoms with van der Waals surface area (Å²) in [5.41, 5.74) is -0.896. The van der Waals surface area contributed by atoms with Gasteiger partial charge in [0.05, 0.1) is 6.26 Å². The van der Waals surface area contributed by atoms with Gasteiger partial charge in [0.25, 0.3) is 0 Å². The van der Waals surface area contributed by atoms with Gasteiger partial charge >= 0.3 is 13.7 Å². The molecule has 0 spiro atoms. The first-order valence-corrected chi connectivity index (χ1v) is 3.81. The standard InChI is InChI=1S/C5H8O4P/c1-3-8-5(6)10(7)9-4-2/h3H,1,4H2,2H3/q+1. The monoisotopic (exact) mass is 163 g/mol. The summed E-state index contributed by atoms with van der Waals surface area (Å²) in [7, 11) is -2.33. The average molecular weight is 163 g/mol. The van der Waals surface area contributed by atoms with Crippen molar-refractivity contribution in [3.63, 3.8) is 0 Å². The second-order valence-electron chi connectivity index (χ2n) is 1.23. The van der Waals surface area contributed by atoms with Gasteiger partial charge in [-0.15, -0.1) is 4.52 Å². The third-order valence-corrected chi connectivity index (χ3v) is 1.48. The maximum absolute atomic E-state index is 10.5. The van der Waals surface area contributed by atoms with Gasteiger partial charge in [-0.3, -0.25) is 0 Å². The molecular formula is C5H8O4P+. The number of carbonyl (C=O) groups excluding carboxylic acids is 1. The number of carbonyl (C=O) groups is 1. The second-order valence-corrected chi connectivity index (χ2v) is 2.36. The van der Waals surface area contributed by atoms with Gasteiger partial charge in [0.15, 0.2) is 0 Å². The lowest BCUT2D eigenvalue weighted by molar-refractivity contribution is 0.205. The van der Waals surface area contributed by atoms with Crippen molar-refractivity contribution in [3.05, 3.63) is 12.8 Å². The van der Waals surface area contributed by atoms with Crippen LogP contribution in [0.4, 0.5) is 4.79 Å². The van der Waals surface area contributed by atoms with Crippen LogP contribution in [0.2, 0.25) is 0 Å². The molecule has 0 aliphatic carbocycles. The Hall–Kier alpha value is -0.730. The fraction of sp³-hybridized carbons (Fsp3) is 0.400. The molecule has 10 heavy (non-hydrogen) atoms. The molecule has 0 aliphatic heterocycles. The van der Waals surface area contributed by atoms with Crippen molar-refractivity contribution in [2.75, 3.05) is 6.61 Å². The molecule has 0 saturated heterocycles. The van der Waals surface area contributed by atoms with Gasteiger partial charge in [-0.1, -0.05) is 6.58 Å². The molecule has 0 fully saturated rings. The normalized spacial score (nSPS) is 10.3. The van der Waals surface area contributed by atoms with E-state index in [1.54, 1.807) is 6.92 Å². The fourth-order valence-corrected chi connectivity index (χ4v) is 0.785. The lowest BCUT2D eigenvalue weighted by atomic mass is 10.9. The maximum Gasteiger partial charge on any atom is 0.636 e. The van der Waals surface area contributed by atoms with E-state index < -0.39 is 13.7 Å². The van der Waals surface area contributed by atoms with Crippen molar-refractivity contribution in [1.82, 2.24) is 0 Å². The van der Waals surface area contributed by atoms with Crippen LogP contribution in [0.1, 0.15) is 6.92 Å². The van der Waals surface area contributed by atoms with Gasteiger partial charge < -0.3 is 4.74 Å². The zero-order valence-corrected chi connectivity index (χ0v) is 6.47. The number of hydrogen-bond donors (Lipinski definition) is 0. The van der Waals surface area contributed by atoms with Crippen LogP contribution in [-0.4, -0.2) is 12.3 Å². The van der Waals surface area contributed by atoms with Gasteiger partial charge in [-0.25, -0.2) is 0 Å². The van der Waals surface area contributed by atoms with Crippen molar-refractivity contribution < 1.29 is 18.6 Å². The van der Waals surface area contributed by atoms with E-state index in [4.69, 9.17) is 0 Å². The first-order valence-electron chi connectivity index (χ1n) is 2.64. The summed E-state index contributed by atoms with van der Waals surface area (Å²) >= 11 is 0. The molecule has 0 saturated carbocycles. The lowest BCUT2D eigenvalue weighted by Crippen LogP contribution is -1.91. The largest absolute Gasteiger partial charge is 0.636 e. The van der Waals surface area contributed by atoms with Crippen LogP contribution < -0.4 is 0 Å². The second kappa shape index (κ2) is 5.09. The van der Waals surface area contributed by atoms with Crippen LogP contribution >= 0.6 is 8.03 Å². The van der Waals surface area contributed by atoms with Crippen LogP contribution in [0.25, 0.3) is 0 Å². The van der Waals surface area contributed by atoms with E-state index in [2.05, 4.69) is 15.8 Å². The van der Waals surface area contributed by atoms with Crippen molar-refractivity contribution in [2.45, 2.75) is 6.92 Å². The molecule has 56 valence electrons. The zero-order valence-electron chi connectivity index (χ0n) is 5.57. The first-order chi connectivity index (χ1) is 4.72. The molecule has 0 heterocycles. The smallest absolute Gasteiger partial charge is 0.395 e. The Morgan fingerprint density at radius 3 is 2.80 bits per heavy atom. The Bertz CT molecular complexity index is 154. The molecule has 0 aromatic carbocycles. The van der Waals surface area contributed by atoms with Gasteiger partial charge in [0.1, 0.15) is 6.61 Å². The van der Waals surface area contributed by atoms with Crippen molar-refractivity contribution in [1.29, 1.82) is 0 Å². The van der Waals surface area contributed by atoms with E-state index in [1.807, 2.05) is 0 Å². The third kappa shape index (κ3) is 3.33. The average Bonchev–Trinajstić information content (AvgIpc) is 1.89. The van der Waals surface area contributed by atoms with E-state index >= 15 is 0 Å². The van der Waals surface area contributed by atoms with E-state index in [9.17, 15) is 9.36 Å². The number of ether oxygens (including phenoxy) is 1. The van der Waals surface area contributed by atoms with Crippen molar-refractivity contribution in [3.8, 4) is 0 Å². The van der Waals surface area contributed by atoms with E-state index in [-0.39, 0.29) is 6.61 Å². The molecule has 0 bridgehead atoms. The molecule has 0 aliphatic rings. The molecular weight excluding hydrogens is 155 g/mol. The Kier molecular flexibility index (Phi) is 4.72. The highest BCUT2D eigenvalue weighted by atomic mass is 31.1. The minimum absolute atomic E-state index is 0.224. The summed E-state index contributed by atoms with van der Waals surface area (Å²) in [4.78, 5) is 10.4. The minimum atomic E-state index is -2.33. The topological polar surface area (TPSA) is 52.6 Å². The van der Waals surface area contributed by atoms with Crippen molar-refractivity contribution >= 4 is 13.7 Å². The summed E-state index contributed by atoms with van der Waals surface area (Å²) in [6.07, 6.45) is 0.911. The summed E-state index contributed by atoms with van der Waals surface area (Å²) in [5, 5.41) is 0. The highest BCUT2D eigenvalue weighted by Gasteiger charge is 2.32. The minimum Gasteiger partial charge on any atom is -0.395 e. The van der Waals surface area contributed by atoms with Crippen LogP contribution in [0.3, 0.4) is 0 Å². The van der Waals surface area contributed by atoms with Gasteiger partial charge in [0.2, 0.25) is 0 Å². The molecule has 0 amide bonds. The molecule has 0 aromatic rings. The highest BCUT2D eigenvalue weighted by molar-refractivity contribution is 7.58. The Morgan fingerprint density at radius 2 is 2.40 bits per heavy atom. The maximum atomic E-state index is 10.5. The molecule has 0 aromatic heterocycles.